The van der Waals surface area contributed by atoms with Crippen molar-refractivity contribution in [1.29, 1.82) is 0 Å². The molecule has 2 aromatic heterocycles. The lowest BCUT2D eigenvalue weighted by Gasteiger charge is -2.34. The minimum absolute atomic E-state index is 0.00610. The number of anilines is 1. The Morgan fingerprint density at radius 2 is 1.81 bits per heavy atom. The number of aryl methyl sites for hydroxylation is 1. The first-order chi connectivity index (χ1) is 15.3. The van der Waals surface area contributed by atoms with E-state index in [-0.39, 0.29) is 17.8 Å². The van der Waals surface area contributed by atoms with E-state index in [1.807, 2.05) is 4.90 Å². The highest BCUT2D eigenvalue weighted by Crippen LogP contribution is 2.33. The van der Waals surface area contributed by atoms with Crippen molar-refractivity contribution < 1.29 is 18.0 Å². The minimum atomic E-state index is -4.42. The number of nitrogens with one attached hydrogen (secondary N) is 1. The fourth-order valence-electron chi connectivity index (χ4n) is 4.59. The second-order valence-corrected chi connectivity index (χ2v) is 8.88. The number of hydrogen-bond donors (Lipinski definition) is 1. The van der Waals surface area contributed by atoms with Gasteiger partial charge in [0.05, 0.1) is 23.7 Å². The average Bonchev–Trinajstić information content (AvgIpc) is 3.13. The van der Waals surface area contributed by atoms with Crippen molar-refractivity contribution in [2.75, 3.05) is 11.9 Å². The van der Waals surface area contributed by atoms with Crippen LogP contribution < -0.4 is 5.32 Å². The van der Waals surface area contributed by atoms with Gasteiger partial charge >= 0.3 is 6.18 Å². The van der Waals surface area contributed by atoms with Gasteiger partial charge in [0.1, 0.15) is 17.0 Å². The summed E-state index contributed by atoms with van der Waals surface area (Å²) in [5.41, 5.74) is 0.138. The lowest BCUT2D eigenvalue weighted by atomic mass is 9.82. The van der Waals surface area contributed by atoms with Gasteiger partial charge in [-0.15, -0.1) is 0 Å². The molecule has 4 rings (SSSR count). The third-order valence-corrected chi connectivity index (χ3v) is 6.59. The Morgan fingerprint density at radius 1 is 1.03 bits per heavy atom. The number of aromatic nitrogens is 3. The highest BCUT2D eigenvalue weighted by molar-refractivity contribution is 6.29. The molecule has 1 N–H and O–H groups in total. The molecule has 1 unspecified atom stereocenters. The molecule has 2 aromatic rings. The first-order valence-electron chi connectivity index (χ1n) is 10.9. The van der Waals surface area contributed by atoms with Gasteiger partial charge in [0, 0.05) is 18.8 Å². The fourth-order valence-corrected chi connectivity index (χ4v) is 4.69. The van der Waals surface area contributed by atoms with Crippen LogP contribution >= 0.6 is 11.6 Å². The number of alkyl halides is 3. The van der Waals surface area contributed by atoms with Gasteiger partial charge in [0.15, 0.2) is 0 Å². The van der Waals surface area contributed by atoms with Crippen molar-refractivity contribution in [1.82, 2.24) is 19.9 Å². The second-order valence-electron chi connectivity index (χ2n) is 8.49. The maximum atomic E-state index is 12.9. The van der Waals surface area contributed by atoms with Gasteiger partial charge < -0.3 is 10.2 Å². The maximum Gasteiger partial charge on any atom is 0.417 e. The molecule has 3 heterocycles. The van der Waals surface area contributed by atoms with Gasteiger partial charge in [-0.3, -0.25) is 9.78 Å². The van der Waals surface area contributed by atoms with E-state index in [0.717, 1.165) is 56.5 Å². The summed E-state index contributed by atoms with van der Waals surface area (Å²) in [7, 11) is 0. The predicted octanol–water partition coefficient (Wildman–Crippen LogP) is 4.75. The molecule has 1 amide bonds. The number of carbonyl (C=O) groups is 1. The minimum Gasteiger partial charge on any atom is -0.358 e. The number of nitrogens with zero attached hydrogens (tertiary/aromatic N) is 4. The van der Waals surface area contributed by atoms with Crippen LogP contribution in [-0.2, 0) is 17.4 Å². The summed E-state index contributed by atoms with van der Waals surface area (Å²) in [4.78, 5) is 27.0. The molecular formula is C22H25ClF3N5O. The van der Waals surface area contributed by atoms with Gasteiger partial charge in [-0.25, -0.2) is 9.97 Å². The Morgan fingerprint density at radius 3 is 2.44 bits per heavy atom. The maximum absolute atomic E-state index is 12.9. The largest absolute Gasteiger partial charge is 0.417 e. The van der Waals surface area contributed by atoms with E-state index in [2.05, 4.69) is 20.3 Å². The van der Waals surface area contributed by atoms with E-state index in [1.54, 1.807) is 12.4 Å². The number of halogens is 4. The number of amides is 1. The highest BCUT2D eigenvalue weighted by atomic mass is 35.5. The first-order valence-corrected chi connectivity index (χ1v) is 11.2. The molecule has 1 saturated heterocycles. The van der Waals surface area contributed by atoms with Crippen LogP contribution in [0.2, 0.25) is 5.15 Å². The lowest BCUT2D eigenvalue weighted by molar-refractivity contribution is -0.137. The molecule has 0 aromatic carbocycles. The fraction of sp³-hybridized carbons (Fsp3) is 0.545. The molecule has 1 atom stereocenters. The first kappa shape index (κ1) is 22.8. The van der Waals surface area contributed by atoms with Crippen molar-refractivity contribution in [3.63, 3.8) is 0 Å². The summed E-state index contributed by atoms with van der Waals surface area (Å²) >= 11 is 5.77. The summed E-state index contributed by atoms with van der Waals surface area (Å²) in [6, 6.07) is 2.03. The highest BCUT2D eigenvalue weighted by Gasteiger charge is 2.37. The van der Waals surface area contributed by atoms with Gasteiger partial charge in [0.2, 0.25) is 5.91 Å². The molecule has 0 radical (unpaired) electrons. The molecule has 1 saturated carbocycles. The summed E-state index contributed by atoms with van der Waals surface area (Å²) < 4.78 is 38.1. The Balaban J connectivity index is 1.24. The second kappa shape index (κ2) is 9.60. The van der Waals surface area contributed by atoms with Crippen LogP contribution in [0.1, 0.15) is 49.8 Å². The summed E-state index contributed by atoms with van der Waals surface area (Å²) in [6.07, 6.45) is 6.24. The topological polar surface area (TPSA) is 71.0 Å². The number of rotatable bonds is 6. The number of likely N-dealkylation sites (tertiary alicyclic amines) is 1. The summed E-state index contributed by atoms with van der Waals surface area (Å²) in [6.45, 7) is 0.660. The van der Waals surface area contributed by atoms with Crippen LogP contribution in [0.5, 0.6) is 0 Å². The Bertz CT molecular complexity index is 915. The van der Waals surface area contributed by atoms with E-state index >= 15 is 0 Å². The van der Waals surface area contributed by atoms with Gasteiger partial charge in [-0.05, 0) is 63.0 Å². The zero-order valence-corrected chi connectivity index (χ0v) is 18.2. The Kier molecular flexibility index (Phi) is 6.83. The van der Waals surface area contributed by atoms with Gasteiger partial charge in [-0.2, -0.15) is 13.2 Å². The standard InChI is InChI=1S/C22H25ClF3N5O/c23-19-13-27-16(12-28-19)5-1-14-2-6-17(7-3-14)31-10-9-18(21(31)32)30-20-8-4-15(11-29-20)22(24,25)26/h4,8,11-14,17-18H,1-3,5-7,9-10H2,(H,29,30). The van der Waals surface area contributed by atoms with E-state index in [9.17, 15) is 18.0 Å². The van der Waals surface area contributed by atoms with Crippen LogP contribution in [0.4, 0.5) is 19.0 Å². The van der Waals surface area contributed by atoms with Crippen molar-refractivity contribution in [2.45, 2.75) is 63.2 Å². The van der Waals surface area contributed by atoms with Crippen LogP contribution in [0.15, 0.2) is 30.7 Å². The monoisotopic (exact) mass is 467 g/mol. The van der Waals surface area contributed by atoms with Crippen molar-refractivity contribution >= 4 is 23.3 Å². The molecule has 6 nitrogen and oxygen atoms in total. The quantitative estimate of drug-likeness (QED) is 0.664. The third-order valence-electron chi connectivity index (χ3n) is 6.39. The predicted molar refractivity (Wildman–Crippen MR) is 114 cm³/mol. The van der Waals surface area contributed by atoms with Crippen molar-refractivity contribution in [3.05, 3.63) is 47.1 Å². The van der Waals surface area contributed by atoms with E-state index in [4.69, 9.17) is 11.6 Å². The smallest absolute Gasteiger partial charge is 0.358 e. The van der Waals surface area contributed by atoms with E-state index in [1.165, 1.54) is 6.07 Å². The Hall–Kier alpha value is -2.42. The molecule has 2 fully saturated rings. The molecule has 10 heteroatoms. The zero-order chi connectivity index (χ0) is 22.7. The molecule has 2 aliphatic rings. The van der Waals surface area contributed by atoms with Crippen LogP contribution in [0.3, 0.4) is 0 Å². The number of hydrogen-bond acceptors (Lipinski definition) is 5. The molecule has 0 bridgehead atoms. The molecule has 0 spiro atoms. The molecule has 1 aliphatic carbocycles. The average molecular weight is 468 g/mol. The third kappa shape index (κ3) is 5.49. The zero-order valence-electron chi connectivity index (χ0n) is 17.5. The van der Waals surface area contributed by atoms with E-state index < -0.39 is 17.8 Å². The van der Waals surface area contributed by atoms with Gasteiger partial charge in [0.25, 0.3) is 0 Å². The SMILES string of the molecule is O=C1C(Nc2ccc(C(F)(F)F)cn2)CCN1C1CCC(CCc2cnc(Cl)cn2)CC1. The number of carbonyl (C=O) groups excluding carboxylic acids is 1. The normalized spacial score (nSPS) is 24.1. The molecular weight excluding hydrogens is 443 g/mol. The van der Waals surface area contributed by atoms with Crippen molar-refractivity contribution in [3.8, 4) is 0 Å². The Labute approximate surface area is 189 Å². The van der Waals surface area contributed by atoms with Crippen LogP contribution in [-0.4, -0.2) is 44.4 Å². The molecule has 172 valence electrons. The molecule has 32 heavy (non-hydrogen) atoms. The summed E-state index contributed by atoms with van der Waals surface area (Å²) in [5.74, 6) is 0.894. The van der Waals surface area contributed by atoms with E-state index in [0.29, 0.717) is 24.0 Å². The number of pyridine rings is 1. The lowest BCUT2D eigenvalue weighted by Crippen LogP contribution is -2.42. The van der Waals surface area contributed by atoms with Crippen molar-refractivity contribution in [2.24, 2.45) is 5.92 Å². The molecule has 1 aliphatic heterocycles. The van der Waals surface area contributed by atoms with Crippen LogP contribution in [0.25, 0.3) is 0 Å². The van der Waals surface area contributed by atoms with Gasteiger partial charge in [-0.1, -0.05) is 11.6 Å². The summed E-state index contributed by atoms with van der Waals surface area (Å²) in [5, 5.41) is 3.39. The van der Waals surface area contributed by atoms with Crippen LogP contribution in [0, 0.1) is 5.92 Å².